The van der Waals surface area contributed by atoms with Crippen LogP contribution in [-0.2, 0) is 0 Å². The van der Waals surface area contributed by atoms with E-state index < -0.39 is 12.1 Å². The van der Waals surface area contributed by atoms with E-state index in [-0.39, 0.29) is 19.4 Å². The fraction of sp³-hybridized carbons (Fsp3) is 1.00. The molecule has 0 aliphatic carbocycles. The zero-order valence-corrected chi connectivity index (χ0v) is 5.91. The number of halogens is 3. The van der Waals surface area contributed by atoms with Gasteiger partial charge in [0.1, 0.15) is 0 Å². The van der Waals surface area contributed by atoms with E-state index >= 15 is 0 Å². The molecule has 0 aliphatic heterocycles. The normalized spacial score (nSPS) is 15.3. The SMILES string of the molecule is CCC(CCN)C(F)(F)F. The fourth-order valence-electron chi connectivity index (χ4n) is 0.800. The molecule has 1 atom stereocenters. The van der Waals surface area contributed by atoms with Gasteiger partial charge in [0.15, 0.2) is 0 Å². The number of alkyl halides is 3. The van der Waals surface area contributed by atoms with Crippen LogP contribution in [0, 0.1) is 5.92 Å². The average Bonchev–Trinajstić information content (AvgIpc) is 1.80. The molecule has 0 aromatic heterocycles. The third-order valence-corrected chi connectivity index (χ3v) is 1.47. The lowest BCUT2D eigenvalue weighted by atomic mass is 10.0. The first-order chi connectivity index (χ1) is 4.52. The molecule has 0 amide bonds. The first-order valence-corrected chi connectivity index (χ1v) is 3.29. The van der Waals surface area contributed by atoms with Gasteiger partial charge >= 0.3 is 6.18 Å². The zero-order valence-electron chi connectivity index (χ0n) is 5.91. The molecular weight excluding hydrogens is 143 g/mol. The van der Waals surface area contributed by atoms with Gasteiger partial charge in [-0.2, -0.15) is 13.2 Å². The Morgan fingerprint density at radius 3 is 2.00 bits per heavy atom. The summed E-state index contributed by atoms with van der Waals surface area (Å²) in [6.07, 6.45) is -3.89. The molecule has 1 nitrogen and oxygen atoms in total. The van der Waals surface area contributed by atoms with Crippen LogP contribution < -0.4 is 5.73 Å². The monoisotopic (exact) mass is 155 g/mol. The second-order valence-electron chi connectivity index (χ2n) is 2.22. The summed E-state index contributed by atoms with van der Waals surface area (Å²) in [5, 5.41) is 0. The smallest absolute Gasteiger partial charge is 0.330 e. The molecule has 0 spiro atoms. The Morgan fingerprint density at radius 2 is 1.90 bits per heavy atom. The summed E-state index contributed by atoms with van der Waals surface area (Å²) in [6.45, 7) is 1.63. The molecule has 0 aromatic rings. The summed E-state index contributed by atoms with van der Waals surface area (Å²) in [5.74, 6) is -1.21. The van der Waals surface area contributed by atoms with Gasteiger partial charge in [0, 0.05) is 0 Å². The second kappa shape index (κ2) is 3.81. The Hall–Kier alpha value is -0.250. The van der Waals surface area contributed by atoms with Crippen molar-refractivity contribution in [3.8, 4) is 0 Å². The van der Waals surface area contributed by atoms with Crippen LogP contribution in [0.15, 0.2) is 0 Å². The molecule has 10 heavy (non-hydrogen) atoms. The van der Waals surface area contributed by atoms with Crippen molar-refractivity contribution in [2.75, 3.05) is 6.54 Å². The van der Waals surface area contributed by atoms with Gasteiger partial charge < -0.3 is 5.73 Å². The Balaban J connectivity index is 3.81. The summed E-state index contributed by atoms with van der Waals surface area (Å²) >= 11 is 0. The van der Waals surface area contributed by atoms with Gasteiger partial charge in [-0.05, 0) is 19.4 Å². The number of hydrogen-bond donors (Lipinski definition) is 1. The average molecular weight is 155 g/mol. The van der Waals surface area contributed by atoms with Crippen LogP contribution in [0.4, 0.5) is 13.2 Å². The van der Waals surface area contributed by atoms with E-state index in [2.05, 4.69) is 0 Å². The van der Waals surface area contributed by atoms with Gasteiger partial charge in [-0.3, -0.25) is 0 Å². The molecule has 2 N–H and O–H groups in total. The molecule has 0 heterocycles. The highest BCUT2D eigenvalue weighted by Gasteiger charge is 2.36. The van der Waals surface area contributed by atoms with Crippen LogP contribution in [-0.4, -0.2) is 12.7 Å². The van der Waals surface area contributed by atoms with Gasteiger partial charge in [0.25, 0.3) is 0 Å². The molecule has 62 valence electrons. The van der Waals surface area contributed by atoms with Gasteiger partial charge in [0.05, 0.1) is 5.92 Å². The standard InChI is InChI=1S/C6H12F3N/c1-2-5(3-4-10)6(7,8)9/h5H,2-4,10H2,1H3. The predicted molar refractivity (Wildman–Crippen MR) is 33.5 cm³/mol. The zero-order chi connectivity index (χ0) is 8.20. The van der Waals surface area contributed by atoms with E-state index in [9.17, 15) is 13.2 Å². The molecule has 0 aromatic carbocycles. The molecule has 0 saturated heterocycles. The van der Waals surface area contributed by atoms with Gasteiger partial charge in [-0.25, -0.2) is 0 Å². The fourth-order valence-corrected chi connectivity index (χ4v) is 0.800. The Morgan fingerprint density at radius 1 is 1.40 bits per heavy atom. The number of nitrogens with two attached hydrogens (primary N) is 1. The second-order valence-corrected chi connectivity index (χ2v) is 2.22. The van der Waals surface area contributed by atoms with Gasteiger partial charge in [0.2, 0.25) is 0 Å². The summed E-state index contributed by atoms with van der Waals surface area (Å²) in [6, 6.07) is 0. The summed E-state index contributed by atoms with van der Waals surface area (Å²) in [4.78, 5) is 0. The largest absolute Gasteiger partial charge is 0.391 e. The van der Waals surface area contributed by atoms with Crippen LogP contribution >= 0.6 is 0 Å². The summed E-state index contributed by atoms with van der Waals surface area (Å²) in [7, 11) is 0. The quantitative estimate of drug-likeness (QED) is 0.662. The molecule has 0 bridgehead atoms. The van der Waals surface area contributed by atoms with Crippen LogP contribution in [0.5, 0.6) is 0 Å². The van der Waals surface area contributed by atoms with E-state index in [1.54, 1.807) is 0 Å². The Kier molecular flexibility index (Phi) is 3.71. The minimum absolute atomic E-state index is 0.0417. The number of rotatable bonds is 3. The topological polar surface area (TPSA) is 26.0 Å². The van der Waals surface area contributed by atoms with Crippen molar-refractivity contribution >= 4 is 0 Å². The van der Waals surface area contributed by atoms with Crippen LogP contribution in [0.3, 0.4) is 0 Å². The van der Waals surface area contributed by atoms with Crippen LogP contribution in [0.2, 0.25) is 0 Å². The molecular formula is C6H12F3N. The first kappa shape index (κ1) is 9.75. The van der Waals surface area contributed by atoms with E-state index in [4.69, 9.17) is 5.73 Å². The van der Waals surface area contributed by atoms with Crippen molar-refractivity contribution in [3.05, 3.63) is 0 Å². The van der Waals surface area contributed by atoms with Gasteiger partial charge in [-0.1, -0.05) is 6.92 Å². The maximum Gasteiger partial charge on any atom is 0.391 e. The minimum Gasteiger partial charge on any atom is -0.330 e. The third-order valence-electron chi connectivity index (χ3n) is 1.47. The summed E-state index contributed by atoms with van der Waals surface area (Å²) in [5.41, 5.74) is 5.00. The van der Waals surface area contributed by atoms with Gasteiger partial charge in [-0.15, -0.1) is 0 Å². The lowest BCUT2D eigenvalue weighted by Gasteiger charge is -2.16. The Labute approximate surface area is 58.4 Å². The molecule has 0 fully saturated rings. The van der Waals surface area contributed by atoms with E-state index in [1.807, 2.05) is 0 Å². The molecule has 4 heteroatoms. The van der Waals surface area contributed by atoms with Crippen molar-refractivity contribution in [1.82, 2.24) is 0 Å². The third kappa shape index (κ3) is 3.06. The first-order valence-electron chi connectivity index (χ1n) is 3.29. The molecule has 0 radical (unpaired) electrons. The molecule has 0 aliphatic rings. The highest BCUT2D eigenvalue weighted by Crippen LogP contribution is 2.30. The number of hydrogen-bond acceptors (Lipinski definition) is 1. The Bertz CT molecular complexity index is 89.5. The molecule has 0 saturated carbocycles. The minimum atomic E-state index is -4.06. The molecule has 1 unspecified atom stereocenters. The van der Waals surface area contributed by atoms with Crippen molar-refractivity contribution in [1.29, 1.82) is 0 Å². The lowest BCUT2D eigenvalue weighted by Crippen LogP contribution is -2.24. The highest BCUT2D eigenvalue weighted by molar-refractivity contribution is 4.65. The van der Waals surface area contributed by atoms with Crippen LogP contribution in [0.1, 0.15) is 19.8 Å². The van der Waals surface area contributed by atoms with Crippen molar-refractivity contribution in [3.63, 3.8) is 0 Å². The lowest BCUT2D eigenvalue weighted by molar-refractivity contribution is -0.176. The molecule has 0 rings (SSSR count). The maximum absolute atomic E-state index is 11.9. The van der Waals surface area contributed by atoms with Crippen molar-refractivity contribution < 1.29 is 13.2 Å². The van der Waals surface area contributed by atoms with E-state index in [1.165, 1.54) is 6.92 Å². The maximum atomic E-state index is 11.9. The predicted octanol–water partition coefficient (Wildman–Crippen LogP) is 1.92. The van der Waals surface area contributed by atoms with Crippen molar-refractivity contribution in [2.24, 2.45) is 11.7 Å². The highest BCUT2D eigenvalue weighted by atomic mass is 19.4. The van der Waals surface area contributed by atoms with E-state index in [0.717, 1.165) is 0 Å². The van der Waals surface area contributed by atoms with E-state index in [0.29, 0.717) is 0 Å². The van der Waals surface area contributed by atoms with Crippen molar-refractivity contribution in [2.45, 2.75) is 25.9 Å². The summed E-state index contributed by atoms with van der Waals surface area (Å²) < 4.78 is 35.6. The van der Waals surface area contributed by atoms with Crippen LogP contribution in [0.25, 0.3) is 0 Å².